The molecule has 3 aromatic rings. The van der Waals surface area contributed by atoms with Gasteiger partial charge in [0.15, 0.2) is 5.82 Å². The van der Waals surface area contributed by atoms with Crippen LogP contribution in [0, 0.1) is 0 Å². The number of amides is 1. The Labute approximate surface area is 133 Å². The number of aromatic nitrogens is 3. The minimum absolute atomic E-state index is 0.110. The van der Waals surface area contributed by atoms with Crippen LogP contribution >= 0.6 is 0 Å². The minimum atomic E-state index is -0.110. The summed E-state index contributed by atoms with van der Waals surface area (Å²) in [6.07, 6.45) is 0.651. The molecule has 0 atom stereocenters. The number of hydrogen-bond acceptors (Lipinski definition) is 4. The van der Waals surface area contributed by atoms with E-state index in [-0.39, 0.29) is 5.91 Å². The zero-order valence-corrected chi connectivity index (χ0v) is 12.7. The maximum atomic E-state index is 11.1. The van der Waals surface area contributed by atoms with Gasteiger partial charge in [0.25, 0.3) is 0 Å². The molecule has 4 N–H and O–H groups in total. The van der Waals surface area contributed by atoms with Crippen molar-refractivity contribution in [1.29, 1.82) is 0 Å². The first-order chi connectivity index (χ1) is 11.1. The maximum absolute atomic E-state index is 11.1. The van der Waals surface area contributed by atoms with Gasteiger partial charge in [-0.2, -0.15) is 5.10 Å². The highest BCUT2D eigenvalue weighted by Gasteiger charge is 2.08. The van der Waals surface area contributed by atoms with E-state index >= 15 is 0 Å². The standard InChI is InChI=1S/C17H17N5O/c1-11(23)19-15-4-2-3-13(10-15)17-20-16(21-22-17)9-12-5-7-14(18)8-6-12/h2-8,10H,9,18H2,1H3,(H,19,23)(H,20,21,22). The van der Waals surface area contributed by atoms with Gasteiger partial charge in [0, 0.05) is 30.3 Å². The molecule has 0 bridgehead atoms. The molecule has 1 heterocycles. The maximum Gasteiger partial charge on any atom is 0.221 e. The van der Waals surface area contributed by atoms with Crippen LogP contribution in [0.15, 0.2) is 48.5 Å². The second kappa shape index (κ2) is 6.31. The largest absolute Gasteiger partial charge is 0.399 e. The Balaban J connectivity index is 1.78. The van der Waals surface area contributed by atoms with Gasteiger partial charge in [-0.1, -0.05) is 24.3 Å². The Morgan fingerprint density at radius 1 is 1.22 bits per heavy atom. The molecule has 6 nitrogen and oxygen atoms in total. The SMILES string of the molecule is CC(=O)Nc1cccc(-c2n[nH]c(Cc3ccc(N)cc3)n2)c1. The highest BCUT2D eigenvalue weighted by molar-refractivity contribution is 5.89. The molecule has 0 unspecified atom stereocenters. The zero-order chi connectivity index (χ0) is 16.2. The monoisotopic (exact) mass is 307 g/mol. The summed E-state index contributed by atoms with van der Waals surface area (Å²) in [6.45, 7) is 1.48. The van der Waals surface area contributed by atoms with Crippen molar-refractivity contribution in [1.82, 2.24) is 15.2 Å². The highest BCUT2D eigenvalue weighted by Crippen LogP contribution is 2.20. The van der Waals surface area contributed by atoms with Crippen LogP contribution in [0.3, 0.4) is 0 Å². The Kier molecular flexibility index (Phi) is 4.05. The van der Waals surface area contributed by atoms with Gasteiger partial charge in [0.05, 0.1) is 0 Å². The smallest absolute Gasteiger partial charge is 0.221 e. The summed E-state index contributed by atoms with van der Waals surface area (Å²) >= 11 is 0. The summed E-state index contributed by atoms with van der Waals surface area (Å²) in [7, 11) is 0. The first-order valence-corrected chi connectivity index (χ1v) is 7.24. The number of carbonyl (C=O) groups is 1. The fourth-order valence-corrected chi connectivity index (χ4v) is 2.27. The van der Waals surface area contributed by atoms with E-state index in [1.807, 2.05) is 48.5 Å². The van der Waals surface area contributed by atoms with Crippen LogP contribution in [0.5, 0.6) is 0 Å². The van der Waals surface area contributed by atoms with E-state index in [2.05, 4.69) is 20.5 Å². The van der Waals surface area contributed by atoms with Gasteiger partial charge in [0.2, 0.25) is 5.91 Å². The molecule has 116 valence electrons. The van der Waals surface area contributed by atoms with Crippen molar-refractivity contribution in [3.8, 4) is 11.4 Å². The normalized spacial score (nSPS) is 10.5. The first-order valence-electron chi connectivity index (χ1n) is 7.24. The molecule has 0 aliphatic rings. The predicted molar refractivity (Wildman–Crippen MR) is 89.8 cm³/mol. The van der Waals surface area contributed by atoms with Crippen molar-refractivity contribution < 1.29 is 4.79 Å². The van der Waals surface area contributed by atoms with Crippen molar-refractivity contribution in [3.63, 3.8) is 0 Å². The Bertz CT molecular complexity index is 823. The number of hydrogen-bond donors (Lipinski definition) is 3. The minimum Gasteiger partial charge on any atom is -0.399 e. The third-order valence-electron chi connectivity index (χ3n) is 3.32. The molecule has 0 saturated carbocycles. The lowest BCUT2D eigenvalue weighted by molar-refractivity contribution is -0.114. The molecule has 1 aromatic heterocycles. The van der Waals surface area contributed by atoms with E-state index in [1.165, 1.54) is 6.92 Å². The lowest BCUT2D eigenvalue weighted by Crippen LogP contribution is -2.05. The summed E-state index contributed by atoms with van der Waals surface area (Å²) in [6, 6.07) is 15.1. The molecule has 6 heteroatoms. The zero-order valence-electron chi connectivity index (χ0n) is 12.7. The third-order valence-corrected chi connectivity index (χ3v) is 3.32. The average molecular weight is 307 g/mol. The van der Waals surface area contributed by atoms with Crippen LogP contribution < -0.4 is 11.1 Å². The molecule has 0 fully saturated rings. The number of carbonyl (C=O) groups excluding carboxylic acids is 1. The van der Waals surface area contributed by atoms with E-state index in [0.717, 1.165) is 28.3 Å². The van der Waals surface area contributed by atoms with Crippen LogP contribution in [-0.4, -0.2) is 21.1 Å². The van der Waals surface area contributed by atoms with Gasteiger partial charge in [-0.15, -0.1) is 0 Å². The quantitative estimate of drug-likeness (QED) is 0.645. The molecular formula is C17H17N5O. The van der Waals surface area contributed by atoms with E-state index in [4.69, 9.17) is 5.73 Å². The third kappa shape index (κ3) is 3.74. The van der Waals surface area contributed by atoms with Gasteiger partial charge in [-0.25, -0.2) is 4.98 Å². The lowest BCUT2D eigenvalue weighted by atomic mass is 10.1. The summed E-state index contributed by atoms with van der Waals surface area (Å²) in [5.74, 6) is 1.26. The fraction of sp³-hybridized carbons (Fsp3) is 0.118. The number of nitrogen functional groups attached to an aromatic ring is 1. The van der Waals surface area contributed by atoms with Crippen molar-refractivity contribution in [2.45, 2.75) is 13.3 Å². The Morgan fingerprint density at radius 3 is 2.74 bits per heavy atom. The fourth-order valence-electron chi connectivity index (χ4n) is 2.27. The van der Waals surface area contributed by atoms with Crippen molar-refractivity contribution in [3.05, 3.63) is 59.9 Å². The number of nitrogens with two attached hydrogens (primary N) is 1. The van der Waals surface area contributed by atoms with Crippen LogP contribution in [0.2, 0.25) is 0 Å². The summed E-state index contributed by atoms with van der Waals surface area (Å²) in [5, 5.41) is 9.95. The molecule has 0 aliphatic carbocycles. The van der Waals surface area contributed by atoms with E-state index in [1.54, 1.807) is 0 Å². The molecule has 0 saturated heterocycles. The number of rotatable bonds is 4. The number of nitrogens with one attached hydrogen (secondary N) is 2. The highest BCUT2D eigenvalue weighted by atomic mass is 16.1. The second-order valence-corrected chi connectivity index (χ2v) is 5.29. The molecule has 0 spiro atoms. The second-order valence-electron chi connectivity index (χ2n) is 5.29. The van der Waals surface area contributed by atoms with Crippen molar-refractivity contribution in [2.75, 3.05) is 11.1 Å². The molecule has 2 aromatic carbocycles. The van der Waals surface area contributed by atoms with Gasteiger partial charge in [0.1, 0.15) is 5.82 Å². The molecule has 0 aliphatic heterocycles. The molecule has 3 rings (SSSR count). The summed E-state index contributed by atoms with van der Waals surface area (Å²) in [4.78, 5) is 15.6. The summed E-state index contributed by atoms with van der Waals surface area (Å²) in [5.41, 5.74) is 9.09. The molecule has 0 radical (unpaired) electrons. The van der Waals surface area contributed by atoms with Gasteiger partial charge >= 0.3 is 0 Å². The van der Waals surface area contributed by atoms with Crippen LogP contribution in [0.25, 0.3) is 11.4 Å². The van der Waals surface area contributed by atoms with E-state index in [9.17, 15) is 4.79 Å². The van der Waals surface area contributed by atoms with Crippen LogP contribution in [0.1, 0.15) is 18.3 Å². The van der Waals surface area contributed by atoms with E-state index in [0.29, 0.717) is 12.2 Å². The number of anilines is 2. The van der Waals surface area contributed by atoms with Crippen molar-refractivity contribution >= 4 is 17.3 Å². The summed E-state index contributed by atoms with van der Waals surface area (Å²) < 4.78 is 0. The van der Waals surface area contributed by atoms with Crippen LogP contribution in [-0.2, 0) is 11.2 Å². The molecule has 23 heavy (non-hydrogen) atoms. The van der Waals surface area contributed by atoms with Gasteiger partial charge in [-0.05, 0) is 29.8 Å². The number of H-pyrrole nitrogens is 1. The predicted octanol–water partition coefficient (Wildman–Crippen LogP) is 2.60. The lowest BCUT2D eigenvalue weighted by Gasteiger charge is -2.02. The van der Waals surface area contributed by atoms with Crippen molar-refractivity contribution in [2.24, 2.45) is 0 Å². The Morgan fingerprint density at radius 2 is 2.00 bits per heavy atom. The first kappa shape index (κ1) is 14.8. The topological polar surface area (TPSA) is 96.7 Å². The average Bonchev–Trinajstić information content (AvgIpc) is 2.98. The van der Waals surface area contributed by atoms with Crippen LogP contribution in [0.4, 0.5) is 11.4 Å². The van der Waals surface area contributed by atoms with Gasteiger partial charge in [-0.3, -0.25) is 9.89 Å². The van der Waals surface area contributed by atoms with Gasteiger partial charge < -0.3 is 11.1 Å². The number of nitrogens with zero attached hydrogens (tertiary/aromatic N) is 2. The number of benzene rings is 2. The van der Waals surface area contributed by atoms with E-state index < -0.39 is 0 Å². The molecule has 1 amide bonds. The number of aromatic amines is 1. The Hall–Kier alpha value is -3.15. The molecular weight excluding hydrogens is 290 g/mol.